The zero-order valence-electron chi connectivity index (χ0n) is 9.62. The first kappa shape index (κ1) is 11.8. The van der Waals surface area contributed by atoms with Crippen molar-refractivity contribution in [1.29, 1.82) is 0 Å². The lowest BCUT2D eigenvalue weighted by Gasteiger charge is -1.99. The molecule has 2 aromatic rings. The number of azide groups is 1. The number of hydrogen-bond acceptors (Lipinski definition) is 3. The van der Waals surface area contributed by atoms with Gasteiger partial charge in [-0.05, 0) is 40.8 Å². The second-order valence-corrected chi connectivity index (χ2v) is 3.53. The third-order valence-electron chi connectivity index (χ3n) is 2.43. The summed E-state index contributed by atoms with van der Waals surface area (Å²) in [6, 6.07) is 7.49. The van der Waals surface area contributed by atoms with E-state index in [2.05, 4.69) is 19.7 Å². The largest absolute Gasteiger partial charge is 0.466 e. The SMILES string of the molecule is COC(=O)C(=Cc1ccc2[nH]ccc2c1)N=[N+]=[N-]. The fraction of sp³-hybridized carbons (Fsp3) is 0.0833. The Balaban J connectivity index is 2.45. The predicted molar refractivity (Wildman–Crippen MR) is 67.4 cm³/mol. The highest BCUT2D eigenvalue weighted by Crippen LogP contribution is 2.17. The van der Waals surface area contributed by atoms with Gasteiger partial charge in [-0.2, -0.15) is 0 Å². The minimum absolute atomic E-state index is 0.0742. The quantitative estimate of drug-likeness (QED) is 0.294. The minimum Gasteiger partial charge on any atom is -0.466 e. The Bertz CT molecular complexity index is 666. The third-order valence-corrected chi connectivity index (χ3v) is 2.43. The van der Waals surface area contributed by atoms with E-state index in [1.54, 1.807) is 0 Å². The topological polar surface area (TPSA) is 90.9 Å². The predicted octanol–water partition coefficient (Wildman–Crippen LogP) is 2.99. The summed E-state index contributed by atoms with van der Waals surface area (Å²) in [6.07, 6.45) is 3.31. The number of carbonyl (C=O) groups is 1. The molecule has 1 aromatic heterocycles. The number of nitrogens with one attached hydrogen (secondary N) is 1. The van der Waals surface area contributed by atoms with Crippen LogP contribution in [0.3, 0.4) is 0 Å². The van der Waals surface area contributed by atoms with Crippen LogP contribution >= 0.6 is 0 Å². The molecule has 1 N–H and O–H groups in total. The fourth-order valence-corrected chi connectivity index (χ4v) is 1.60. The van der Waals surface area contributed by atoms with Gasteiger partial charge in [-0.25, -0.2) is 4.79 Å². The van der Waals surface area contributed by atoms with Crippen molar-refractivity contribution >= 4 is 22.9 Å². The van der Waals surface area contributed by atoms with E-state index in [1.807, 2.05) is 30.5 Å². The molecule has 0 aliphatic rings. The number of methoxy groups -OCH3 is 1. The second kappa shape index (κ2) is 5.07. The van der Waals surface area contributed by atoms with Gasteiger partial charge in [0.15, 0.2) is 0 Å². The Morgan fingerprint density at radius 1 is 1.50 bits per heavy atom. The van der Waals surface area contributed by atoms with Gasteiger partial charge in [0.1, 0.15) is 5.70 Å². The molecule has 90 valence electrons. The molecule has 0 atom stereocenters. The van der Waals surface area contributed by atoms with Gasteiger partial charge in [0.05, 0.1) is 7.11 Å². The molecule has 18 heavy (non-hydrogen) atoms. The van der Waals surface area contributed by atoms with Gasteiger partial charge in [-0.3, -0.25) is 0 Å². The minimum atomic E-state index is -0.665. The first-order valence-electron chi connectivity index (χ1n) is 5.17. The number of carbonyl (C=O) groups excluding carboxylic acids is 1. The van der Waals surface area contributed by atoms with Crippen molar-refractivity contribution in [1.82, 2.24) is 4.98 Å². The number of hydrogen-bond donors (Lipinski definition) is 1. The zero-order valence-corrected chi connectivity index (χ0v) is 9.62. The standard InChI is InChI=1S/C12H10N4O2/c1-18-12(17)11(15-16-13)7-8-2-3-10-9(6-8)4-5-14-10/h2-7,14H,1H3. The highest BCUT2D eigenvalue weighted by Gasteiger charge is 2.07. The number of rotatable bonds is 3. The molecule has 0 aliphatic carbocycles. The summed E-state index contributed by atoms with van der Waals surface area (Å²) >= 11 is 0. The van der Waals surface area contributed by atoms with E-state index in [9.17, 15) is 4.79 Å². The van der Waals surface area contributed by atoms with E-state index in [-0.39, 0.29) is 5.70 Å². The summed E-state index contributed by atoms with van der Waals surface area (Å²) < 4.78 is 4.53. The lowest BCUT2D eigenvalue weighted by Crippen LogP contribution is -2.01. The molecular formula is C12H10N4O2. The molecule has 0 amide bonds. The molecule has 0 radical (unpaired) electrons. The van der Waals surface area contributed by atoms with E-state index in [1.165, 1.54) is 13.2 Å². The van der Waals surface area contributed by atoms with Crippen molar-refractivity contribution < 1.29 is 9.53 Å². The van der Waals surface area contributed by atoms with Crippen molar-refractivity contribution in [2.45, 2.75) is 0 Å². The first-order chi connectivity index (χ1) is 8.74. The number of H-pyrrole nitrogens is 1. The van der Waals surface area contributed by atoms with Crippen molar-refractivity contribution in [3.05, 3.63) is 52.2 Å². The first-order valence-corrected chi connectivity index (χ1v) is 5.17. The number of ether oxygens (including phenoxy) is 1. The summed E-state index contributed by atoms with van der Waals surface area (Å²) in [6.45, 7) is 0. The Morgan fingerprint density at radius 2 is 2.33 bits per heavy atom. The molecule has 6 nitrogen and oxygen atoms in total. The maximum atomic E-state index is 11.4. The van der Waals surface area contributed by atoms with Crippen LogP contribution < -0.4 is 0 Å². The molecule has 0 aliphatic heterocycles. The van der Waals surface area contributed by atoms with E-state index < -0.39 is 5.97 Å². The molecule has 0 fully saturated rings. The number of fused-ring (bicyclic) bond motifs is 1. The summed E-state index contributed by atoms with van der Waals surface area (Å²) in [5.41, 5.74) is 10.1. The zero-order chi connectivity index (χ0) is 13.0. The third kappa shape index (κ3) is 2.34. The van der Waals surface area contributed by atoms with Gasteiger partial charge in [0, 0.05) is 16.6 Å². The lowest BCUT2D eigenvalue weighted by atomic mass is 10.1. The smallest absolute Gasteiger partial charge is 0.340 e. The van der Waals surface area contributed by atoms with E-state index in [0.717, 1.165) is 16.5 Å². The maximum absolute atomic E-state index is 11.4. The van der Waals surface area contributed by atoms with Gasteiger partial charge < -0.3 is 9.72 Å². The molecule has 0 saturated carbocycles. The lowest BCUT2D eigenvalue weighted by molar-refractivity contribution is -0.136. The van der Waals surface area contributed by atoms with Crippen LogP contribution in [0.15, 0.2) is 41.3 Å². The van der Waals surface area contributed by atoms with Gasteiger partial charge in [-0.15, -0.1) is 0 Å². The number of nitrogens with zero attached hydrogens (tertiary/aromatic N) is 3. The van der Waals surface area contributed by atoms with E-state index in [4.69, 9.17) is 5.53 Å². The molecule has 2 rings (SSSR count). The average molecular weight is 242 g/mol. The van der Waals surface area contributed by atoms with Crippen LogP contribution in [0, 0.1) is 0 Å². The Labute approximate surface area is 103 Å². The van der Waals surface area contributed by atoms with Gasteiger partial charge in [0.2, 0.25) is 0 Å². The van der Waals surface area contributed by atoms with Crippen LogP contribution in [0.5, 0.6) is 0 Å². The molecule has 1 heterocycles. The Kier molecular flexibility index (Phi) is 3.31. The fourth-order valence-electron chi connectivity index (χ4n) is 1.60. The number of aromatic nitrogens is 1. The molecule has 1 aromatic carbocycles. The molecular weight excluding hydrogens is 232 g/mol. The highest BCUT2D eigenvalue weighted by molar-refractivity contribution is 5.94. The average Bonchev–Trinajstić information content (AvgIpc) is 2.84. The van der Waals surface area contributed by atoms with Gasteiger partial charge >= 0.3 is 5.97 Å². The van der Waals surface area contributed by atoms with Crippen molar-refractivity contribution in [3.63, 3.8) is 0 Å². The molecule has 0 unspecified atom stereocenters. The summed E-state index contributed by atoms with van der Waals surface area (Å²) in [5, 5.41) is 4.33. The van der Waals surface area contributed by atoms with Crippen LogP contribution in [-0.2, 0) is 9.53 Å². The number of benzene rings is 1. The Hall–Kier alpha value is -2.72. The second-order valence-electron chi connectivity index (χ2n) is 3.53. The molecule has 6 heteroatoms. The van der Waals surface area contributed by atoms with Crippen molar-refractivity contribution in [3.8, 4) is 0 Å². The summed E-state index contributed by atoms with van der Waals surface area (Å²) in [4.78, 5) is 17.0. The highest BCUT2D eigenvalue weighted by atomic mass is 16.5. The molecule has 0 bridgehead atoms. The Morgan fingerprint density at radius 3 is 3.06 bits per heavy atom. The van der Waals surface area contributed by atoms with E-state index >= 15 is 0 Å². The van der Waals surface area contributed by atoms with Crippen LogP contribution in [0.25, 0.3) is 27.4 Å². The van der Waals surface area contributed by atoms with Crippen LogP contribution in [0.1, 0.15) is 5.56 Å². The maximum Gasteiger partial charge on any atom is 0.340 e. The van der Waals surface area contributed by atoms with Crippen LogP contribution in [-0.4, -0.2) is 18.1 Å². The summed E-state index contributed by atoms with van der Waals surface area (Å²) in [7, 11) is 1.23. The number of esters is 1. The van der Waals surface area contributed by atoms with Crippen molar-refractivity contribution in [2.75, 3.05) is 7.11 Å². The van der Waals surface area contributed by atoms with E-state index in [0.29, 0.717) is 0 Å². The van der Waals surface area contributed by atoms with Gasteiger partial charge in [0.25, 0.3) is 0 Å². The molecule has 0 spiro atoms. The molecule has 0 saturated heterocycles. The normalized spacial score (nSPS) is 11.1. The van der Waals surface area contributed by atoms with Crippen LogP contribution in [0.2, 0.25) is 0 Å². The van der Waals surface area contributed by atoms with Gasteiger partial charge in [-0.1, -0.05) is 11.2 Å². The number of aromatic amines is 1. The monoisotopic (exact) mass is 242 g/mol. The van der Waals surface area contributed by atoms with Crippen LogP contribution in [0.4, 0.5) is 0 Å². The van der Waals surface area contributed by atoms with Crippen molar-refractivity contribution in [2.24, 2.45) is 5.11 Å². The summed E-state index contributed by atoms with van der Waals surface area (Å²) in [5.74, 6) is -0.665.